The average Bonchev–Trinajstić information content (AvgIpc) is 3.36. The number of fused-ring (bicyclic) bond motifs is 4. The molecule has 0 heterocycles. The van der Waals surface area contributed by atoms with Crippen LogP contribution >= 0.6 is 0 Å². The van der Waals surface area contributed by atoms with Crippen molar-refractivity contribution in [3.63, 3.8) is 0 Å². The second-order valence-corrected chi connectivity index (χ2v) is 11.8. The summed E-state index contributed by atoms with van der Waals surface area (Å²) in [6.45, 7) is 11.0. The number of terminal acetylenes is 2. The highest BCUT2D eigenvalue weighted by atomic mass is 16.5. The minimum atomic E-state index is -0.536. The van der Waals surface area contributed by atoms with E-state index in [1.807, 2.05) is 6.08 Å². The summed E-state index contributed by atoms with van der Waals surface area (Å²) < 4.78 is 11.5. The summed E-state index contributed by atoms with van der Waals surface area (Å²) in [4.78, 5) is 0. The van der Waals surface area contributed by atoms with Crippen molar-refractivity contribution in [1.29, 1.82) is 0 Å². The molecule has 0 bridgehead atoms. The molecule has 220 valence electrons. The lowest BCUT2D eigenvalue weighted by molar-refractivity contribution is 0.270. The molecule has 0 saturated heterocycles. The number of ether oxygens (including phenoxy) is 2. The van der Waals surface area contributed by atoms with Gasteiger partial charge in [-0.15, -0.1) is 12.8 Å². The minimum Gasteiger partial charge on any atom is -0.482 e. The maximum atomic E-state index is 5.99. The summed E-state index contributed by atoms with van der Waals surface area (Å²) in [5, 5.41) is 2.34. The van der Waals surface area contributed by atoms with Crippen molar-refractivity contribution in [2.45, 2.75) is 32.1 Å². The molecule has 1 aliphatic carbocycles. The molecular formula is C43H36O2. The first kappa shape index (κ1) is 29.6. The van der Waals surface area contributed by atoms with Crippen LogP contribution in [-0.4, -0.2) is 13.2 Å². The van der Waals surface area contributed by atoms with Crippen molar-refractivity contribution in [2.75, 3.05) is 13.2 Å². The third kappa shape index (κ3) is 5.10. The molecule has 0 atom stereocenters. The van der Waals surface area contributed by atoms with Crippen LogP contribution in [0.1, 0.15) is 58.7 Å². The van der Waals surface area contributed by atoms with Crippen molar-refractivity contribution < 1.29 is 9.47 Å². The maximum Gasteiger partial charge on any atom is 0.148 e. The SMILES string of the molecule is C#CCOC(=C)/C=C\c1cc(C2(c3ccc4c(C(C)C)c(OCC#C)ccc4c3)c3ccccc3-c3ccccc32)ccc1C. The summed E-state index contributed by atoms with van der Waals surface area (Å²) in [5.74, 6) is 6.74. The number of rotatable bonds is 9. The van der Waals surface area contributed by atoms with Crippen molar-refractivity contribution in [3.05, 3.63) is 154 Å². The smallest absolute Gasteiger partial charge is 0.148 e. The standard InChI is InChI=1S/C43H36O2/c1-7-25-44-31(6)18-19-32-27-34(21-17-30(32)5)43(39-15-11-9-13-37(39)38-14-10-12-16-40(38)43)35-22-23-36-33(28-35)20-24-41(45-26-8-2)42(36)29(3)4/h1-2,9-24,27-29H,6,25-26H2,3-5H3/b19-18-. The molecule has 0 spiro atoms. The van der Waals surface area contributed by atoms with E-state index < -0.39 is 5.41 Å². The molecule has 5 aromatic rings. The van der Waals surface area contributed by atoms with Crippen molar-refractivity contribution in [2.24, 2.45) is 0 Å². The van der Waals surface area contributed by atoms with Crippen LogP contribution in [0, 0.1) is 31.6 Å². The van der Waals surface area contributed by atoms with E-state index in [4.69, 9.17) is 22.3 Å². The van der Waals surface area contributed by atoms with Crippen molar-refractivity contribution in [1.82, 2.24) is 0 Å². The lowest BCUT2D eigenvalue weighted by atomic mass is 9.67. The largest absolute Gasteiger partial charge is 0.482 e. The first-order valence-corrected chi connectivity index (χ1v) is 15.3. The number of aryl methyl sites for hydroxylation is 1. The van der Waals surface area contributed by atoms with Gasteiger partial charge in [0.05, 0.1) is 5.41 Å². The second-order valence-electron chi connectivity index (χ2n) is 11.8. The van der Waals surface area contributed by atoms with Gasteiger partial charge in [0.25, 0.3) is 0 Å². The highest BCUT2D eigenvalue weighted by molar-refractivity contribution is 5.92. The van der Waals surface area contributed by atoms with Gasteiger partial charge in [-0.25, -0.2) is 0 Å². The topological polar surface area (TPSA) is 18.5 Å². The molecule has 0 N–H and O–H groups in total. The molecule has 0 unspecified atom stereocenters. The van der Waals surface area contributed by atoms with E-state index >= 15 is 0 Å². The quantitative estimate of drug-likeness (QED) is 0.0957. The number of allylic oxidation sites excluding steroid dienone is 1. The van der Waals surface area contributed by atoms with Gasteiger partial charge < -0.3 is 9.47 Å². The van der Waals surface area contributed by atoms with Crippen LogP contribution in [0.25, 0.3) is 28.0 Å². The number of hydrogen-bond donors (Lipinski definition) is 0. The van der Waals surface area contributed by atoms with Crippen LogP contribution in [0.15, 0.2) is 115 Å². The Kier molecular flexibility index (Phi) is 8.08. The predicted octanol–water partition coefficient (Wildman–Crippen LogP) is 9.82. The average molecular weight is 585 g/mol. The van der Waals surface area contributed by atoms with Gasteiger partial charge in [0.1, 0.15) is 24.7 Å². The summed E-state index contributed by atoms with van der Waals surface area (Å²) in [5.41, 5.74) is 10.3. The predicted molar refractivity (Wildman–Crippen MR) is 187 cm³/mol. The first-order valence-electron chi connectivity index (χ1n) is 15.3. The lowest BCUT2D eigenvalue weighted by Crippen LogP contribution is -2.28. The fraction of sp³-hybridized carbons (Fsp3) is 0.163. The second kappa shape index (κ2) is 12.3. The monoisotopic (exact) mass is 584 g/mol. The van der Waals surface area contributed by atoms with E-state index in [2.05, 4.69) is 142 Å². The molecule has 0 radical (unpaired) electrons. The van der Waals surface area contributed by atoms with Crippen LogP contribution in [-0.2, 0) is 10.2 Å². The maximum absolute atomic E-state index is 5.99. The van der Waals surface area contributed by atoms with Crippen LogP contribution in [0.2, 0.25) is 0 Å². The molecular weight excluding hydrogens is 548 g/mol. The Morgan fingerprint density at radius 3 is 2.13 bits per heavy atom. The Hall–Kier alpha value is -5.44. The van der Waals surface area contributed by atoms with Gasteiger partial charge in [-0.1, -0.05) is 117 Å². The molecule has 1 aliphatic rings. The van der Waals surface area contributed by atoms with Crippen LogP contribution in [0.4, 0.5) is 0 Å². The fourth-order valence-corrected chi connectivity index (χ4v) is 6.85. The summed E-state index contributed by atoms with van der Waals surface area (Å²) in [6, 6.07) is 35.5. The molecule has 0 aromatic heterocycles. The zero-order valence-electron chi connectivity index (χ0n) is 26.1. The highest BCUT2D eigenvalue weighted by Gasteiger charge is 2.46. The van der Waals surface area contributed by atoms with Gasteiger partial charge >= 0.3 is 0 Å². The Bertz CT molecular complexity index is 2000. The van der Waals surface area contributed by atoms with Crippen LogP contribution < -0.4 is 4.74 Å². The van der Waals surface area contributed by atoms with Crippen molar-refractivity contribution in [3.8, 4) is 41.6 Å². The van der Waals surface area contributed by atoms with E-state index in [9.17, 15) is 0 Å². The Morgan fingerprint density at radius 1 is 0.822 bits per heavy atom. The zero-order chi connectivity index (χ0) is 31.6. The van der Waals surface area contributed by atoms with Gasteiger partial charge in [-0.2, -0.15) is 0 Å². The summed E-state index contributed by atoms with van der Waals surface area (Å²) >= 11 is 0. The summed E-state index contributed by atoms with van der Waals surface area (Å²) in [7, 11) is 0. The zero-order valence-corrected chi connectivity index (χ0v) is 26.1. The van der Waals surface area contributed by atoms with Gasteiger partial charge in [0.2, 0.25) is 0 Å². The van der Waals surface area contributed by atoms with E-state index in [1.54, 1.807) is 0 Å². The molecule has 2 heteroatoms. The van der Waals surface area contributed by atoms with Crippen molar-refractivity contribution >= 4 is 16.8 Å². The highest BCUT2D eigenvalue weighted by Crippen LogP contribution is 2.56. The van der Waals surface area contributed by atoms with Gasteiger partial charge in [0, 0.05) is 5.56 Å². The lowest BCUT2D eigenvalue weighted by Gasteiger charge is -2.34. The van der Waals surface area contributed by atoms with Gasteiger partial charge in [-0.3, -0.25) is 0 Å². The van der Waals surface area contributed by atoms with Crippen LogP contribution in [0.3, 0.4) is 0 Å². The third-order valence-corrected chi connectivity index (χ3v) is 8.80. The Labute approximate surface area is 267 Å². The van der Waals surface area contributed by atoms with Crippen LogP contribution in [0.5, 0.6) is 5.75 Å². The summed E-state index contributed by atoms with van der Waals surface area (Å²) in [6.07, 6.45) is 14.9. The molecule has 45 heavy (non-hydrogen) atoms. The molecule has 0 saturated carbocycles. The van der Waals surface area contributed by atoms with E-state index in [-0.39, 0.29) is 19.1 Å². The minimum absolute atomic E-state index is 0.191. The molecule has 0 amide bonds. The number of benzene rings is 5. The first-order chi connectivity index (χ1) is 21.9. The Balaban J connectivity index is 1.62. The van der Waals surface area contributed by atoms with Gasteiger partial charge in [0.15, 0.2) is 0 Å². The normalized spacial score (nSPS) is 12.8. The fourth-order valence-electron chi connectivity index (χ4n) is 6.85. The van der Waals surface area contributed by atoms with E-state index in [0.29, 0.717) is 5.76 Å². The van der Waals surface area contributed by atoms with Gasteiger partial charge in [-0.05, 0) is 92.4 Å². The molecule has 2 nitrogen and oxygen atoms in total. The molecule has 0 fully saturated rings. The number of hydrogen-bond acceptors (Lipinski definition) is 2. The third-order valence-electron chi connectivity index (χ3n) is 8.80. The Morgan fingerprint density at radius 2 is 1.47 bits per heavy atom. The molecule has 5 aromatic carbocycles. The molecule has 6 rings (SSSR count). The van der Waals surface area contributed by atoms with E-state index in [0.717, 1.165) is 16.9 Å². The van der Waals surface area contributed by atoms with E-state index in [1.165, 1.54) is 49.7 Å². The molecule has 0 aliphatic heterocycles.